The van der Waals surface area contributed by atoms with Gasteiger partial charge in [0.25, 0.3) is 0 Å². The van der Waals surface area contributed by atoms with Gasteiger partial charge >= 0.3 is 6.15 Å². The van der Waals surface area contributed by atoms with Gasteiger partial charge in [-0.25, -0.2) is 19.3 Å². The lowest BCUT2D eigenvalue weighted by Gasteiger charge is -2.20. The van der Waals surface area contributed by atoms with Gasteiger partial charge in [-0.15, -0.1) is 0 Å². The molecule has 3 rings (SSSR count). The first-order chi connectivity index (χ1) is 13.7. The van der Waals surface area contributed by atoms with E-state index in [2.05, 4.69) is 28.8 Å². The Labute approximate surface area is 166 Å². The summed E-state index contributed by atoms with van der Waals surface area (Å²) >= 11 is 0. The largest absolute Gasteiger partial charge is 0.382 e. The van der Waals surface area contributed by atoms with E-state index in [1.54, 1.807) is 6.66 Å². The van der Waals surface area contributed by atoms with Crippen LogP contribution in [-0.4, -0.2) is 51.1 Å². The first kappa shape index (κ1) is 22.8. The molecule has 1 aliphatic heterocycles. The number of carbonyl (C=O) groups excluding carboxylic acids is 2. The molecule has 2 aromatic heterocycles. The van der Waals surface area contributed by atoms with Crippen LogP contribution in [0.4, 0.5) is 10.2 Å². The molecule has 0 saturated carbocycles. The molecule has 1 unspecified atom stereocenters. The average Bonchev–Trinajstić information content (AvgIpc) is 3.24. The molecule has 0 spiro atoms. The Hall–Kier alpha value is -2.45. The van der Waals surface area contributed by atoms with Gasteiger partial charge in [0.05, 0.1) is 6.33 Å². The van der Waals surface area contributed by atoms with Crippen molar-refractivity contribution in [3.63, 3.8) is 0 Å². The fourth-order valence-electron chi connectivity index (χ4n) is 2.84. The third-order valence-electron chi connectivity index (χ3n) is 4.34. The second-order valence-corrected chi connectivity index (χ2v) is 10.1. The number of ether oxygens (including phenoxy) is 2. The molecule has 10 nitrogen and oxygen atoms in total. The molecule has 3 heterocycles. The highest BCUT2D eigenvalue weighted by Gasteiger charge is 2.32. The minimum atomic E-state index is -2.47. The minimum Gasteiger partial charge on any atom is -0.382 e. The summed E-state index contributed by atoms with van der Waals surface area (Å²) in [4.78, 5) is 28.3. The Morgan fingerprint density at radius 1 is 1.41 bits per heavy atom. The van der Waals surface area contributed by atoms with E-state index >= 15 is 0 Å². The van der Waals surface area contributed by atoms with Gasteiger partial charge < -0.3 is 19.8 Å². The fraction of sp³-hybridized carbons (Fsp3) is 0.529. The monoisotopic (exact) mass is 427 g/mol. The normalized spacial score (nSPS) is 21.6. The summed E-state index contributed by atoms with van der Waals surface area (Å²) in [6, 6.07) is 0. The van der Waals surface area contributed by atoms with Gasteiger partial charge in [0.1, 0.15) is 25.3 Å². The Morgan fingerprint density at radius 3 is 2.76 bits per heavy atom. The topological polar surface area (TPSA) is 139 Å². The van der Waals surface area contributed by atoms with Crippen LogP contribution in [0.1, 0.15) is 26.5 Å². The van der Waals surface area contributed by atoms with Crippen molar-refractivity contribution in [2.45, 2.75) is 32.8 Å². The highest BCUT2D eigenvalue weighted by molar-refractivity contribution is 7.62. The zero-order valence-electron chi connectivity index (χ0n) is 16.3. The van der Waals surface area contributed by atoms with Crippen molar-refractivity contribution < 1.29 is 28.0 Å². The number of rotatable bonds is 7. The molecule has 0 amide bonds. The van der Waals surface area contributed by atoms with Crippen LogP contribution in [0.2, 0.25) is 0 Å². The van der Waals surface area contributed by atoms with Crippen molar-refractivity contribution in [3.05, 3.63) is 24.6 Å². The summed E-state index contributed by atoms with van der Waals surface area (Å²) < 4.78 is 39.6. The van der Waals surface area contributed by atoms with Crippen molar-refractivity contribution >= 4 is 30.3 Å². The van der Waals surface area contributed by atoms with Crippen LogP contribution in [0.3, 0.4) is 0 Å². The third kappa shape index (κ3) is 5.77. The number of nitrogens with two attached hydrogens (primary N) is 1. The molecule has 0 fully saturated rings. The SMILES string of the molecule is CC[C@H](C)C[P@](C)(=O)CO[C@@H]1C=C(F)C(n2cnc3c(N)ncnc32)O1.O=C=O. The lowest BCUT2D eigenvalue weighted by Crippen LogP contribution is -2.17. The first-order valence-electron chi connectivity index (χ1n) is 8.84. The van der Waals surface area contributed by atoms with Gasteiger partial charge in [0.2, 0.25) is 0 Å². The van der Waals surface area contributed by atoms with E-state index in [-0.39, 0.29) is 18.3 Å². The number of nitrogen functional groups attached to an aromatic ring is 1. The van der Waals surface area contributed by atoms with Crippen molar-refractivity contribution in [1.29, 1.82) is 0 Å². The number of anilines is 1. The Morgan fingerprint density at radius 2 is 2.10 bits per heavy atom. The summed E-state index contributed by atoms with van der Waals surface area (Å²) in [5, 5.41) is 0. The van der Waals surface area contributed by atoms with E-state index < -0.39 is 25.5 Å². The van der Waals surface area contributed by atoms with Crippen LogP contribution in [0.15, 0.2) is 24.6 Å². The van der Waals surface area contributed by atoms with Gasteiger partial charge in [-0.05, 0) is 12.6 Å². The second-order valence-electron chi connectivity index (χ2n) is 6.86. The number of hydrogen-bond donors (Lipinski definition) is 1. The van der Waals surface area contributed by atoms with E-state index in [4.69, 9.17) is 24.8 Å². The van der Waals surface area contributed by atoms with Crippen molar-refractivity contribution in [3.8, 4) is 0 Å². The molecular formula is C17H23FN5O5P. The highest BCUT2D eigenvalue weighted by Crippen LogP contribution is 2.44. The van der Waals surface area contributed by atoms with Crippen LogP contribution in [0.25, 0.3) is 11.2 Å². The number of hydrogen-bond acceptors (Lipinski definition) is 9. The molecule has 0 bridgehead atoms. The molecule has 0 aliphatic carbocycles. The van der Waals surface area contributed by atoms with Gasteiger partial charge in [0, 0.05) is 12.2 Å². The molecule has 29 heavy (non-hydrogen) atoms. The molecule has 158 valence electrons. The number of fused-ring (bicyclic) bond motifs is 1. The smallest absolute Gasteiger partial charge is 0.373 e. The van der Waals surface area contributed by atoms with E-state index in [0.29, 0.717) is 23.2 Å². The van der Waals surface area contributed by atoms with E-state index in [9.17, 15) is 8.96 Å². The minimum absolute atomic E-state index is 0.0400. The number of nitrogens with zero attached hydrogens (tertiary/aromatic N) is 4. The highest BCUT2D eigenvalue weighted by atomic mass is 31.2. The van der Waals surface area contributed by atoms with Gasteiger partial charge in [-0.3, -0.25) is 4.57 Å². The summed E-state index contributed by atoms with van der Waals surface area (Å²) in [5.41, 5.74) is 6.49. The standard InChI is InChI=1S/C16H23FN5O3P.CO2/c1-4-10(2)6-26(3,23)9-24-12-5-11(17)16(25-12)22-8-21-13-14(18)19-7-20-15(13)22;2-1-3/h5,7-8,10,12,16H,4,6,9H2,1-3H3,(H2,18,19,20);/t10-,12-,16?,26-;/m0./s1. The maximum atomic E-state index is 14.4. The zero-order chi connectivity index (χ0) is 21.6. The van der Waals surface area contributed by atoms with Crippen LogP contribution in [-0.2, 0) is 23.6 Å². The van der Waals surface area contributed by atoms with Crippen molar-refractivity contribution in [2.75, 3.05) is 24.9 Å². The van der Waals surface area contributed by atoms with Crippen LogP contribution in [0, 0.1) is 5.92 Å². The van der Waals surface area contributed by atoms with E-state index in [1.807, 2.05) is 0 Å². The lowest BCUT2D eigenvalue weighted by atomic mass is 10.2. The third-order valence-corrected chi connectivity index (χ3v) is 6.43. The van der Waals surface area contributed by atoms with Crippen LogP contribution >= 0.6 is 7.14 Å². The van der Waals surface area contributed by atoms with Gasteiger partial charge in [0.15, 0.2) is 29.8 Å². The number of halogens is 1. The quantitative estimate of drug-likeness (QED) is 0.660. The van der Waals surface area contributed by atoms with Gasteiger partial charge in [-0.2, -0.15) is 9.59 Å². The van der Waals surface area contributed by atoms with Gasteiger partial charge in [-0.1, -0.05) is 20.3 Å². The molecule has 0 saturated heterocycles. The molecule has 1 aliphatic rings. The Kier molecular flexibility index (Phi) is 7.75. The summed E-state index contributed by atoms with van der Waals surface area (Å²) in [7, 11) is -2.47. The van der Waals surface area contributed by atoms with Crippen molar-refractivity contribution in [1.82, 2.24) is 19.5 Å². The summed E-state index contributed by atoms with van der Waals surface area (Å²) in [5.74, 6) is 0.0293. The van der Waals surface area contributed by atoms with Crippen LogP contribution < -0.4 is 5.73 Å². The zero-order valence-corrected chi connectivity index (χ0v) is 17.2. The number of imidazole rings is 1. The van der Waals surface area contributed by atoms with Crippen molar-refractivity contribution in [2.24, 2.45) is 5.92 Å². The van der Waals surface area contributed by atoms with Crippen LogP contribution in [0.5, 0.6) is 0 Å². The predicted molar refractivity (Wildman–Crippen MR) is 102 cm³/mol. The molecule has 0 aromatic carbocycles. The maximum Gasteiger partial charge on any atom is 0.373 e. The lowest BCUT2D eigenvalue weighted by molar-refractivity contribution is -0.191. The second kappa shape index (κ2) is 9.84. The Balaban J connectivity index is 0.000000941. The Bertz CT molecular complexity index is 959. The number of aromatic nitrogens is 4. The first-order valence-corrected chi connectivity index (χ1v) is 11.4. The summed E-state index contributed by atoms with van der Waals surface area (Å²) in [6.07, 6.45) is 3.77. The van der Waals surface area contributed by atoms with E-state index in [1.165, 1.54) is 23.3 Å². The molecule has 2 aromatic rings. The molecule has 12 heteroatoms. The summed E-state index contributed by atoms with van der Waals surface area (Å²) in [6.45, 7) is 5.81. The average molecular weight is 427 g/mol. The molecule has 2 N–H and O–H groups in total. The molecule has 0 radical (unpaired) electrons. The molecular weight excluding hydrogens is 404 g/mol. The fourth-order valence-corrected chi connectivity index (χ4v) is 4.99. The predicted octanol–water partition coefficient (Wildman–Crippen LogP) is 2.55. The maximum absolute atomic E-state index is 14.4. The van der Waals surface area contributed by atoms with E-state index in [0.717, 1.165) is 6.42 Å². The molecule has 4 atom stereocenters.